The van der Waals surface area contributed by atoms with Crippen LogP contribution >= 0.6 is 0 Å². The van der Waals surface area contributed by atoms with Gasteiger partial charge in [0, 0.05) is 61.6 Å². The lowest BCUT2D eigenvalue weighted by atomic mass is 9.96. The summed E-state index contributed by atoms with van der Waals surface area (Å²) in [5.41, 5.74) is 1.77. The molecule has 3 aromatic rings. The third-order valence-electron chi connectivity index (χ3n) is 6.94. The number of benzene rings is 1. The number of aromatic nitrogens is 3. The van der Waals surface area contributed by atoms with E-state index in [2.05, 4.69) is 21.9 Å². The fraction of sp³-hybridized carbons (Fsp3) is 0.370. The monoisotopic (exact) mass is 486 g/mol. The Kier molecular flexibility index (Phi) is 6.79. The van der Waals surface area contributed by atoms with Gasteiger partial charge in [0.25, 0.3) is 11.5 Å². The van der Waals surface area contributed by atoms with Gasteiger partial charge in [0.1, 0.15) is 5.65 Å². The van der Waals surface area contributed by atoms with Crippen LogP contribution in [-0.4, -0.2) is 62.3 Å². The van der Waals surface area contributed by atoms with Crippen molar-refractivity contribution in [2.75, 3.05) is 31.5 Å². The van der Waals surface area contributed by atoms with E-state index in [0.717, 1.165) is 37.7 Å². The van der Waals surface area contributed by atoms with Crippen LogP contribution in [0.25, 0.3) is 11.0 Å². The molecule has 0 saturated carbocycles. The highest BCUT2D eigenvalue weighted by atomic mass is 16.2. The van der Waals surface area contributed by atoms with Gasteiger partial charge in [0.2, 0.25) is 11.9 Å². The van der Waals surface area contributed by atoms with Crippen LogP contribution in [0.5, 0.6) is 0 Å². The summed E-state index contributed by atoms with van der Waals surface area (Å²) in [6.45, 7) is 6.98. The van der Waals surface area contributed by atoms with Gasteiger partial charge in [-0.3, -0.25) is 19.0 Å². The number of hydrogen-bond donors (Lipinski definition) is 1. The highest BCUT2D eigenvalue weighted by Gasteiger charge is 2.29. The molecule has 1 aromatic carbocycles. The number of nitrogens with one attached hydrogen (secondary N) is 1. The Hall–Kier alpha value is -4.01. The minimum absolute atomic E-state index is 0.0379. The van der Waals surface area contributed by atoms with Crippen molar-refractivity contribution in [3.8, 4) is 0 Å². The molecule has 1 N–H and O–H groups in total. The van der Waals surface area contributed by atoms with Crippen molar-refractivity contribution < 1.29 is 9.59 Å². The van der Waals surface area contributed by atoms with Crippen LogP contribution in [-0.2, 0) is 11.3 Å². The topological polar surface area (TPSA) is 100 Å². The van der Waals surface area contributed by atoms with Crippen LogP contribution in [0, 0.1) is 5.92 Å². The van der Waals surface area contributed by atoms with Gasteiger partial charge in [0.15, 0.2) is 0 Å². The van der Waals surface area contributed by atoms with Crippen LogP contribution in [0.2, 0.25) is 0 Å². The molecule has 2 aromatic heterocycles. The standard InChI is InChI=1S/C27H30N6O3/c1-2-23(34)32-17-19(18-32)11-14-33-24(35)10-9-21-16-28-27(30-25(21)33)29-22-8-6-7-20(15-22)26(36)31-12-4-3-5-13-31/h2,6-10,15-16,19H,1,3-5,11-14,17-18H2,(H,28,29,30). The molecule has 4 heterocycles. The number of carbonyl (C=O) groups is 2. The van der Waals surface area contributed by atoms with Crippen LogP contribution in [0.4, 0.5) is 11.6 Å². The zero-order valence-electron chi connectivity index (χ0n) is 20.2. The molecule has 0 radical (unpaired) electrons. The van der Waals surface area contributed by atoms with E-state index in [9.17, 15) is 14.4 Å². The molecular formula is C27H30N6O3. The van der Waals surface area contributed by atoms with Crippen molar-refractivity contribution in [2.45, 2.75) is 32.2 Å². The Morgan fingerprint density at radius 2 is 1.89 bits per heavy atom. The molecule has 2 aliphatic heterocycles. The Morgan fingerprint density at radius 3 is 2.67 bits per heavy atom. The number of anilines is 2. The molecule has 2 aliphatic rings. The zero-order chi connectivity index (χ0) is 25.1. The van der Waals surface area contributed by atoms with E-state index in [4.69, 9.17) is 0 Å². The summed E-state index contributed by atoms with van der Waals surface area (Å²) in [5.74, 6) is 0.682. The SMILES string of the molecule is C=CC(=O)N1CC(CCn2c(=O)ccc3cnc(Nc4cccc(C(=O)N5CCCCC5)c4)nc32)C1. The van der Waals surface area contributed by atoms with Crippen molar-refractivity contribution >= 4 is 34.5 Å². The molecule has 0 unspecified atom stereocenters. The first-order chi connectivity index (χ1) is 17.5. The largest absolute Gasteiger partial charge is 0.339 e. The van der Waals surface area contributed by atoms with E-state index >= 15 is 0 Å². The van der Waals surface area contributed by atoms with E-state index < -0.39 is 0 Å². The summed E-state index contributed by atoms with van der Waals surface area (Å²) in [7, 11) is 0. The van der Waals surface area contributed by atoms with E-state index in [1.807, 2.05) is 29.2 Å². The first-order valence-electron chi connectivity index (χ1n) is 12.5. The summed E-state index contributed by atoms with van der Waals surface area (Å²) >= 11 is 0. The maximum Gasteiger partial charge on any atom is 0.253 e. The third kappa shape index (κ3) is 5.00. The number of aryl methyl sites for hydroxylation is 1. The van der Waals surface area contributed by atoms with E-state index in [-0.39, 0.29) is 17.4 Å². The minimum atomic E-state index is -0.125. The minimum Gasteiger partial charge on any atom is -0.339 e. The lowest BCUT2D eigenvalue weighted by Gasteiger charge is -2.38. The molecule has 2 amide bonds. The Bertz CT molecular complexity index is 1360. The summed E-state index contributed by atoms with van der Waals surface area (Å²) in [4.78, 5) is 50.0. The van der Waals surface area contributed by atoms with E-state index in [1.54, 1.807) is 21.7 Å². The second kappa shape index (κ2) is 10.3. The van der Waals surface area contributed by atoms with Gasteiger partial charge in [-0.05, 0) is 61.9 Å². The molecule has 9 nitrogen and oxygen atoms in total. The fourth-order valence-electron chi connectivity index (χ4n) is 4.86. The molecule has 186 valence electrons. The first kappa shape index (κ1) is 23.7. The Morgan fingerprint density at radius 1 is 1.08 bits per heavy atom. The molecule has 36 heavy (non-hydrogen) atoms. The van der Waals surface area contributed by atoms with E-state index in [0.29, 0.717) is 48.4 Å². The van der Waals surface area contributed by atoms with Crippen LogP contribution < -0.4 is 10.9 Å². The average molecular weight is 487 g/mol. The second-order valence-electron chi connectivity index (χ2n) is 9.46. The van der Waals surface area contributed by atoms with Gasteiger partial charge in [-0.15, -0.1) is 0 Å². The zero-order valence-corrected chi connectivity index (χ0v) is 20.2. The Balaban J connectivity index is 1.31. The molecular weight excluding hydrogens is 456 g/mol. The molecule has 0 spiro atoms. The number of fused-ring (bicyclic) bond motifs is 1. The fourth-order valence-corrected chi connectivity index (χ4v) is 4.86. The van der Waals surface area contributed by atoms with Gasteiger partial charge in [-0.2, -0.15) is 4.98 Å². The van der Waals surface area contributed by atoms with Crippen LogP contribution in [0.3, 0.4) is 0 Å². The van der Waals surface area contributed by atoms with Gasteiger partial charge in [-0.1, -0.05) is 12.6 Å². The number of hydrogen-bond acceptors (Lipinski definition) is 6. The Labute approximate surface area is 209 Å². The lowest BCUT2D eigenvalue weighted by Crippen LogP contribution is -2.49. The number of amides is 2. The summed E-state index contributed by atoms with van der Waals surface area (Å²) in [5, 5.41) is 3.96. The average Bonchev–Trinajstić information content (AvgIpc) is 2.88. The van der Waals surface area contributed by atoms with Crippen LogP contribution in [0.1, 0.15) is 36.0 Å². The predicted octanol–water partition coefficient (Wildman–Crippen LogP) is 3.20. The first-order valence-corrected chi connectivity index (χ1v) is 12.5. The van der Waals surface area contributed by atoms with Crippen LogP contribution in [0.15, 0.2) is 60.0 Å². The number of likely N-dealkylation sites (tertiary alicyclic amines) is 2. The molecule has 0 atom stereocenters. The third-order valence-corrected chi connectivity index (χ3v) is 6.94. The number of pyridine rings is 1. The molecule has 0 bridgehead atoms. The van der Waals surface area contributed by atoms with Crippen molar-refractivity contribution in [3.63, 3.8) is 0 Å². The van der Waals surface area contributed by atoms with Crippen molar-refractivity contribution in [1.29, 1.82) is 0 Å². The normalized spacial score (nSPS) is 16.0. The number of carbonyl (C=O) groups excluding carboxylic acids is 2. The summed E-state index contributed by atoms with van der Waals surface area (Å²) < 4.78 is 1.66. The molecule has 2 saturated heterocycles. The number of nitrogens with zero attached hydrogens (tertiary/aromatic N) is 5. The second-order valence-corrected chi connectivity index (χ2v) is 9.46. The van der Waals surface area contributed by atoms with Gasteiger partial charge >= 0.3 is 0 Å². The van der Waals surface area contributed by atoms with Gasteiger partial charge in [0.05, 0.1) is 0 Å². The highest BCUT2D eigenvalue weighted by Crippen LogP contribution is 2.22. The maximum atomic E-state index is 12.9. The lowest BCUT2D eigenvalue weighted by molar-refractivity contribution is -0.132. The molecule has 2 fully saturated rings. The number of rotatable bonds is 7. The maximum absolute atomic E-state index is 12.9. The van der Waals surface area contributed by atoms with Crippen molar-refractivity contribution in [3.05, 3.63) is 71.2 Å². The molecule has 9 heteroatoms. The smallest absolute Gasteiger partial charge is 0.253 e. The number of piperidine rings is 1. The van der Waals surface area contributed by atoms with Gasteiger partial charge in [-0.25, -0.2) is 4.98 Å². The molecule has 0 aliphatic carbocycles. The van der Waals surface area contributed by atoms with Crippen molar-refractivity contribution in [2.24, 2.45) is 5.92 Å². The van der Waals surface area contributed by atoms with Crippen molar-refractivity contribution in [1.82, 2.24) is 24.3 Å². The van der Waals surface area contributed by atoms with E-state index in [1.165, 1.54) is 18.6 Å². The molecule has 5 rings (SSSR count). The highest BCUT2D eigenvalue weighted by molar-refractivity contribution is 5.95. The summed E-state index contributed by atoms with van der Waals surface area (Å²) in [6, 6.07) is 10.6. The van der Waals surface area contributed by atoms with Gasteiger partial charge < -0.3 is 15.1 Å². The quantitative estimate of drug-likeness (QED) is 0.515. The summed E-state index contributed by atoms with van der Waals surface area (Å²) in [6.07, 6.45) is 7.05. The predicted molar refractivity (Wildman–Crippen MR) is 138 cm³/mol.